The predicted molar refractivity (Wildman–Crippen MR) is 93.5 cm³/mol. The molecule has 3 rings (SSSR count). The molecule has 2 saturated heterocycles. The van der Waals surface area contributed by atoms with Crippen molar-refractivity contribution >= 4 is 5.97 Å². The van der Waals surface area contributed by atoms with E-state index >= 15 is 0 Å². The molecule has 3 atom stereocenters. The minimum absolute atomic E-state index is 0.0110. The Labute approximate surface area is 145 Å². The number of rotatable bonds is 6. The van der Waals surface area contributed by atoms with Crippen molar-refractivity contribution in [1.29, 1.82) is 0 Å². The van der Waals surface area contributed by atoms with Crippen molar-refractivity contribution in [3.05, 3.63) is 35.9 Å². The second kappa shape index (κ2) is 7.24. The van der Waals surface area contributed by atoms with Crippen molar-refractivity contribution in [3.63, 3.8) is 0 Å². The first-order chi connectivity index (χ1) is 11.5. The van der Waals surface area contributed by atoms with Crippen molar-refractivity contribution in [3.8, 4) is 0 Å². The lowest BCUT2D eigenvalue weighted by molar-refractivity contribution is -0.931. The molecule has 0 aliphatic carbocycles. The van der Waals surface area contributed by atoms with Crippen LogP contribution in [0.25, 0.3) is 0 Å². The second-order valence-electron chi connectivity index (χ2n) is 7.93. The maximum Gasteiger partial charge on any atom is 0.306 e. The quantitative estimate of drug-likeness (QED) is 0.644. The third-order valence-corrected chi connectivity index (χ3v) is 6.27. The molecule has 2 aliphatic rings. The first-order valence-electron chi connectivity index (χ1n) is 9.19. The van der Waals surface area contributed by atoms with Gasteiger partial charge >= 0.3 is 5.97 Å². The van der Waals surface area contributed by atoms with Gasteiger partial charge in [-0.1, -0.05) is 30.3 Å². The summed E-state index contributed by atoms with van der Waals surface area (Å²) in [7, 11) is 4.62. The largest absolute Gasteiger partial charge is 0.462 e. The summed E-state index contributed by atoms with van der Waals surface area (Å²) in [6.07, 6.45) is 5.61. The fraction of sp³-hybridized carbons (Fsp3) is 0.650. The number of nitrogens with zero attached hydrogens (tertiary/aromatic N) is 1. The van der Waals surface area contributed by atoms with Gasteiger partial charge in [0, 0.05) is 44.6 Å². The van der Waals surface area contributed by atoms with Gasteiger partial charge in [0.25, 0.3) is 0 Å². The van der Waals surface area contributed by atoms with Crippen LogP contribution in [0.5, 0.6) is 0 Å². The van der Waals surface area contributed by atoms with Crippen LogP contribution in [0.3, 0.4) is 0 Å². The van der Waals surface area contributed by atoms with Crippen LogP contribution in [0.1, 0.15) is 50.0 Å². The van der Waals surface area contributed by atoms with Gasteiger partial charge in [-0.15, -0.1) is 0 Å². The first-order valence-corrected chi connectivity index (χ1v) is 9.19. The summed E-state index contributed by atoms with van der Waals surface area (Å²) >= 11 is 0. The number of hydrogen-bond donors (Lipinski definition) is 1. The Kier molecular flexibility index (Phi) is 5.26. The van der Waals surface area contributed by atoms with E-state index in [4.69, 9.17) is 4.74 Å². The molecule has 2 aliphatic heterocycles. The zero-order valence-corrected chi connectivity index (χ0v) is 14.9. The number of fused-ring (bicyclic) bond motifs is 2. The molecule has 3 unspecified atom stereocenters. The van der Waals surface area contributed by atoms with Crippen LogP contribution in [0.15, 0.2) is 30.3 Å². The number of aliphatic hydroxyl groups is 1. The van der Waals surface area contributed by atoms with Gasteiger partial charge in [-0.2, -0.15) is 0 Å². The minimum Gasteiger partial charge on any atom is -0.462 e. The summed E-state index contributed by atoms with van der Waals surface area (Å²) in [6.45, 7) is 0.0660. The van der Waals surface area contributed by atoms with E-state index in [9.17, 15) is 9.90 Å². The minimum atomic E-state index is -0.110. The Morgan fingerprint density at radius 3 is 2.42 bits per heavy atom. The third kappa shape index (κ3) is 3.65. The topological polar surface area (TPSA) is 46.5 Å². The Morgan fingerprint density at radius 2 is 1.83 bits per heavy atom. The molecule has 0 aromatic heterocycles. The maximum atomic E-state index is 12.2. The lowest BCUT2D eigenvalue weighted by Crippen LogP contribution is -2.56. The van der Waals surface area contributed by atoms with E-state index in [2.05, 4.69) is 14.1 Å². The van der Waals surface area contributed by atoms with Crippen LogP contribution in [-0.4, -0.2) is 54.4 Å². The highest BCUT2D eigenvalue weighted by molar-refractivity contribution is 5.69. The Morgan fingerprint density at radius 1 is 1.21 bits per heavy atom. The van der Waals surface area contributed by atoms with Gasteiger partial charge in [0.05, 0.1) is 26.2 Å². The van der Waals surface area contributed by atoms with Crippen LogP contribution in [0, 0.1) is 0 Å². The zero-order valence-electron chi connectivity index (χ0n) is 14.9. The summed E-state index contributed by atoms with van der Waals surface area (Å²) < 4.78 is 6.86. The van der Waals surface area contributed by atoms with Crippen molar-refractivity contribution in [2.45, 2.75) is 62.6 Å². The molecule has 0 amide bonds. The molecule has 24 heavy (non-hydrogen) atoms. The van der Waals surface area contributed by atoms with Crippen LogP contribution < -0.4 is 0 Å². The van der Waals surface area contributed by atoms with Crippen LogP contribution in [-0.2, 0) is 9.53 Å². The number of hydrogen-bond acceptors (Lipinski definition) is 3. The normalized spacial score (nSPS) is 29.2. The highest BCUT2D eigenvalue weighted by Crippen LogP contribution is 2.40. The molecule has 0 radical (unpaired) electrons. The van der Waals surface area contributed by atoms with E-state index in [1.807, 2.05) is 30.3 Å². The first kappa shape index (κ1) is 17.4. The van der Waals surface area contributed by atoms with Gasteiger partial charge in [0.15, 0.2) is 0 Å². The van der Waals surface area contributed by atoms with Gasteiger partial charge in [0.1, 0.15) is 6.10 Å². The molecular formula is C20H30NO3+. The molecule has 2 fully saturated rings. The molecule has 4 nitrogen and oxygen atoms in total. The standard InChI is InChI=1S/C20H30NO3/c1-21(2)17-9-10-18(21)13-19(12-17)24-20(23)11-8-16(14-22)15-6-4-3-5-7-15/h3-7,16-19,22H,8-14H2,1-2H3/q+1. The van der Waals surface area contributed by atoms with Gasteiger partial charge in [-0.05, 0) is 12.0 Å². The molecule has 0 spiro atoms. The van der Waals surface area contributed by atoms with E-state index in [0.29, 0.717) is 24.9 Å². The molecule has 2 heterocycles. The van der Waals surface area contributed by atoms with Gasteiger partial charge in [0.2, 0.25) is 0 Å². The molecule has 2 bridgehead atoms. The lowest BCUT2D eigenvalue weighted by atomic mass is 9.95. The summed E-state index contributed by atoms with van der Waals surface area (Å²) in [5.41, 5.74) is 1.09. The van der Waals surface area contributed by atoms with Gasteiger partial charge in [-0.3, -0.25) is 4.79 Å². The molecule has 132 valence electrons. The Hall–Kier alpha value is -1.39. The monoisotopic (exact) mass is 332 g/mol. The predicted octanol–water partition coefficient (Wildman–Crippen LogP) is 2.86. The number of aliphatic hydroxyl groups excluding tert-OH is 1. The zero-order chi connectivity index (χ0) is 17.2. The third-order valence-electron chi connectivity index (χ3n) is 6.27. The van der Waals surface area contributed by atoms with E-state index in [1.54, 1.807) is 0 Å². The highest BCUT2D eigenvalue weighted by Gasteiger charge is 2.49. The number of benzene rings is 1. The summed E-state index contributed by atoms with van der Waals surface area (Å²) in [4.78, 5) is 12.2. The van der Waals surface area contributed by atoms with Crippen LogP contribution in [0.2, 0.25) is 0 Å². The highest BCUT2D eigenvalue weighted by atomic mass is 16.5. The number of quaternary nitrogens is 1. The summed E-state index contributed by atoms with van der Waals surface area (Å²) in [6, 6.07) is 11.2. The second-order valence-corrected chi connectivity index (χ2v) is 7.93. The van der Waals surface area contributed by atoms with E-state index in [-0.39, 0.29) is 24.6 Å². The molecular weight excluding hydrogens is 302 g/mol. The fourth-order valence-corrected chi connectivity index (χ4v) is 4.55. The number of piperidine rings is 1. The lowest BCUT2D eigenvalue weighted by Gasteiger charge is -2.43. The summed E-state index contributed by atoms with van der Waals surface area (Å²) in [5, 5.41) is 9.59. The van der Waals surface area contributed by atoms with E-state index in [1.165, 1.54) is 12.8 Å². The fourth-order valence-electron chi connectivity index (χ4n) is 4.55. The van der Waals surface area contributed by atoms with Crippen molar-refractivity contribution in [2.24, 2.45) is 0 Å². The SMILES string of the molecule is C[N+]1(C)C2CCC1CC(OC(=O)CCC(CO)c1ccccc1)C2. The van der Waals surface area contributed by atoms with Crippen molar-refractivity contribution in [1.82, 2.24) is 0 Å². The van der Waals surface area contributed by atoms with Gasteiger partial charge < -0.3 is 14.3 Å². The number of carbonyl (C=O) groups excluding carboxylic acids is 1. The number of ether oxygens (including phenoxy) is 1. The Balaban J connectivity index is 1.48. The molecule has 4 heteroatoms. The van der Waals surface area contributed by atoms with E-state index < -0.39 is 0 Å². The number of carbonyl (C=O) groups is 1. The van der Waals surface area contributed by atoms with E-state index in [0.717, 1.165) is 22.9 Å². The summed E-state index contributed by atoms with van der Waals surface area (Å²) in [5.74, 6) is -0.0992. The van der Waals surface area contributed by atoms with Crippen molar-refractivity contribution in [2.75, 3.05) is 20.7 Å². The van der Waals surface area contributed by atoms with Crippen LogP contribution in [0.4, 0.5) is 0 Å². The molecule has 0 saturated carbocycles. The Bertz CT molecular complexity index is 541. The number of esters is 1. The molecule has 1 aromatic carbocycles. The van der Waals surface area contributed by atoms with Crippen LogP contribution >= 0.6 is 0 Å². The smallest absolute Gasteiger partial charge is 0.306 e. The maximum absolute atomic E-state index is 12.2. The average Bonchev–Trinajstić information content (AvgIpc) is 2.75. The average molecular weight is 332 g/mol. The van der Waals surface area contributed by atoms with Crippen molar-refractivity contribution < 1.29 is 19.1 Å². The van der Waals surface area contributed by atoms with Gasteiger partial charge in [-0.25, -0.2) is 0 Å². The molecule has 1 aromatic rings. The molecule has 1 N–H and O–H groups in total.